The number of amides is 4. The first-order valence-electron chi connectivity index (χ1n) is 19.3. The van der Waals surface area contributed by atoms with E-state index in [1.54, 1.807) is 84.9 Å². The standard InChI is InChI=1S/C44H37ClFN7O5S2/c45-24-28-25-53(43(56)36-22-27-20-30(9-11-34(27)50-36)48-42(55)35-21-26-19-29(46)8-10-33(26)49-35)37-23-38(31-5-1-2-6-32(31)41(28)37)58-44(57)52-16-14-51(15-17-52)40(54)12-18-59-60-39-7-3-4-13-47-39/h1-11,13,19-23,28,49-50H,12,14-18,24-25H2,(H,48,55). The Morgan fingerprint density at radius 2 is 1.55 bits per heavy atom. The highest BCUT2D eigenvalue weighted by molar-refractivity contribution is 8.76. The van der Waals surface area contributed by atoms with Gasteiger partial charge in [-0.05, 0) is 82.4 Å². The molecule has 5 heterocycles. The highest BCUT2D eigenvalue weighted by atomic mass is 35.5. The number of alkyl halides is 1. The molecule has 0 aliphatic carbocycles. The lowest BCUT2D eigenvalue weighted by molar-refractivity contribution is -0.132. The molecule has 7 aromatic rings. The van der Waals surface area contributed by atoms with Gasteiger partial charge in [0.2, 0.25) is 5.91 Å². The van der Waals surface area contributed by atoms with Gasteiger partial charge >= 0.3 is 6.09 Å². The molecule has 9 rings (SSSR count). The second-order valence-electron chi connectivity index (χ2n) is 14.5. The van der Waals surface area contributed by atoms with E-state index in [1.807, 2.05) is 42.5 Å². The van der Waals surface area contributed by atoms with Crippen molar-refractivity contribution in [3.8, 4) is 5.75 Å². The number of pyridine rings is 1. The normalized spacial score (nSPS) is 15.2. The molecule has 60 heavy (non-hydrogen) atoms. The zero-order chi connectivity index (χ0) is 41.3. The summed E-state index contributed by atoms with van der Waals surface area (Å²) in [6.45, 7) is 1.79. The number of carbonyl (C=O) groups is 4. The van der Waals surface area contributed by atoms with Crippen molar-refractivity contribution in [3.05, 3.63) is 126 Å². The van der Waals surface area contributed by atoms with E-state index in [0.717, 1.165) is 21.4 Å². The van der Waals surface area contributed by atoms with Crippen LogP contribution in [0.3, 0.4) is 0 Å². The number of H-pyrrole nitrogens is 2. The Labute approximate surface area is 356 Å². The summed E-state index contributed by atoms with van der Waals surface area (Å²) < 4.78 is 19.8. The molecule has 304 valence electrons. The van der Waals surface area contributed by atoms with Gasteiger partial charge in [-0.3, -0.25) is 14.4 Å². The molecule has 0 spiro atoms. The first-order chi connectivity index (χ1) is 29.2. The lowest BCUT2D eigenvalue weighted by atomic mass is 9.95. The molecular weight excluding hydrogens is 825 g/mol. The number of carbonyl (C=O) groups excluding carboxylic acids is 4. The topological polar surface area (TPSA) is 144 Å². The highest BCUT2D eigenvalue weighted by Gasteiger charge is 2.36. The van der Waals surface area contributed by atoms with Gasteiger partial charge in [-0.15, -0.1) is 11.6 Å². The highest BCUT2D eigenvalue weighted by Crippen LogP contribution is 2.46. The van der Waals surface area contributed by atoms with E-state index >= 15 is 0 Å². The van der Waals surface area contributed by atoms with E-state index in [9.17, 15) is 23.6 Å². The minimum Gasteiger partial charge on any atom is -0.409 e. The summed E-state index contributed by atoms with van der Waals surface area (Å²) in [7, 11) is 3.13. The molecule has 12 nitrogen and oxygen atoms in total. The lowest BCUT2D eigenvalue weighted by Gasteiger charge is -2.34. The Bertz CT molecular complexity index is 2790. The van der Waals surface area contributed by atoms with Crippen LogP contribution < -0.4 is 15.0 Å². The molecule has 0 radical (unpaired) electrons. The summed E-state index contributed by atoms with van der Waals surface area (Å²) >= 11 is 6.55. The zero-order valence-electron chi connectivity index (χ0n) is 32.0. The maximum Gasteiger partial charge on any atom is 0.415 e. The second kappa shape index (κ2) is 16.9. The monoisotopic (exact) mass is 861 g/mol. The average molecular weight is 862 g/mol. The summed E-state index contributed by atoms with van der Waals surface area (Å²) in [5, 5.41) is 6.63. The number of halogens is 2. The van der Waals surface area contributed by atoms with Crippen molar-refractivity contribution in [2.75, 3.05) is 54.6 Å². The maximum absolute atomic E-state index is 14.3. The number of rotatable bonds is 10. The third-order valence-corrected chi connectivity index (χ3v) is 13.4. The van der Waals surface area contributed by atoms with E-state index in [0.29, 0.717) is 89.5 Å². The largest absolute Gasteiger partial charge is 0.415 e. The number of hydrogen-bond donors (Lipinski definition) is 3. The molecule has 3 aromatic heterocycles. The fraction of sp³-hybridized carbons (Fsp3) is 0.205. The number of nitrogens with zero attached hydrogens (tertiary/aromatic N) is 4. The van der Waals surface area contributed by atoms with Gasteiger partial charge in [-0.25, -0.2) is 14.2 Å². The van der Waals surface area contributed by atoms with Crippen LogP contribution in [0, 0.1) is 5.82 Å². The van der Waals surface area contributed by atoms with Gasteiger partial charge in [0.25, 0.3) is 11.8 Å². The quantitative estimate of drug-likeness (QED) is 0.0703. The molecule has 1 unspecified atom stereocenters. The van der Waals surface area contributed by atoms with Crippen LogP contribution in [0.5, 0.6) is 5.75 Å². The molecule has 16 heteroatoms. The van der Waals surface area contributed by atoms with Crippen molar-refractivity contribution in [2.24, 2.45) is 0 Å². The van der Waals surface area contributed by atoms with Crippen LogP contribution in [0.4, 0.5) is 20.6 Å². The number of fused-ring (bicyclic) bond motifs is 5. The van der Waals surface area contributed by atoms with Crippen LogP contribution in [-0.2, 0) is 4.79 Å². The van der Waals surface area contributed by atoms with Gasteiger partial charge in [0, 0.05) is 102 Å². The Morgan fingerprint density at radius 1 is 0.833 bits per heavy atom. The summed E-state index contributed by atoms with van der Waals surface area (Å²) in [6.07, 6.45) is 1.60. The van der Waals surface area contributed by atoms with Crippen molar-refractivity contribution in [1.29, 1.82) is 0 Å². The molecule has 0 saturated carbocycles. The van der Waals surface area contributed by atoms with Crippen LogP contribution in [0.2, 0.25) is 0 Å². The number of ether oxygens (including phenoxy) is 1. The molecule has 3 N–H and O–H groups in total. The summed E-state index contributed by atoms with van der Waals surface area (Å²) in [4.78, 5) is 69.6. The molecule has 1 saturated heterocycles. The van der Waals surface area contributed by atoms with Crippen molar-refractivity contribution in [3.63, 3.8) is 0 Å². The lowest BCUT2D eigenvalue weighted by Crippen LogP contribution is -2.51. The minimum absolute atomic E-state index is 0.0450. The summed E-state index contributed by atoms with van der Waals surface area (Å²) in [6, 6.07) is 28.0. The van der Waals surface area contributed by atoms with Gasteiger partial charge in [0.1, 0.15) is 28.0 Å². The van der Waals surface area contributed by atoms with Crippen molar-refractivity contribution >= 4 is 101 Å². The van der Waals surface area contributed by atoms with Gasteiger partial charge in [0.05, 0.1) is 5.69 Å². The smallest absolute Gasteiger partial charge is 0.409 e. The predicted octanol–water partition coefficient (Wildman–Crippen LogP) is 9.05. The van der Waals surface area contributed by atoms with E-state index in [2.05, 4.69) is 20.3 Å². The number of aromatic amines is 2. The third-order valence-electron chi connectivity index (χ3n) is 10.8. The molecule has 1 fully saturated rings. The van der Waals surface area contributed by atoms with Crippen LogP contribution in [-0.4, -0.2) is 92.9 Å². The van der Waals surface area contributed by atoms with Crippen molar-refractivity contribution in [2.45, 2.75) is 17.4 Å². The number of hydrogen-bond acceptors (Lipinski definition) is 8. The molecule has 2 aliphatic rings. The minimum atomic E-state index is -0.531. The van der Waals surface area contributed by atoms with Gasteiger partial charge in [0.15, 0.2) is 0 Å². The van der Waals surface area contributed by atoms with Gasteiger partial charge < -0.3 is 34.7 Å². The van der Waals surface area contributed by atoms with Crippen LogP contribution >= 0.6 is 33.2 Å². The van der Waals surface area contributed by atoms with Gasteiger partial charge in [-0.2, -0.15) is 0 Å². The summed E-state index contributed by atoms with van der Waals surface area (Å²) in [5.41, 5.74) is 3.97. The first-order valence-corrected chi connectivity index (χ1v) is 22.2. The number of piperazine rings is 1. The molecule has 1 atom stereocenters. The first kappa shape index (κ1) is 39.4. The Morgan fingerprint density at radius 3 is 2.33 bits per heavy atom. The van der Waals surface area contributed by atoms with E-state index in [1.165, 1.54) is 12.1 Å². The predicted molar refractivity (Wildman–Crippen MR) is 235 cm³/mol. The Balaban J connectivity index is 0.887. The number of benzene rings is 4. The van der Waals surface area contributed by atoms with Crippen LogP contribution in [0.25, 0.3) is 32.6 Å². The number of nitrogens with one attached hydrogen (secondary N) is 3. The molecule has 4 aromatic carbocycles. The Kier molecular flexibility index (Phi) is 11.1. The van der Waals surface area contributed by atoms with Crippen LogP contribution in [0.15, 0.2) is 108 Å². The zero-order valence-corrected chi connectivity index (χ0v) is 34.3. The molecule has 2 aliphatic heterocycles. The summed E-state index contributed by atoms with van der Waals surface area (Å²) in [5.74, 6) is 0.0342. The van der Waals surface area contributed by atoms with Gasteiger partial charge in [-0.1, -0.05) is 41.1 Å². The molecule has 0 bridgehead atoms. The molecule has 4 amide bonds. The number of aromatic nitrogens is 3. The van der Waals surface area contributed by atoms with Crippen LogP contribution in [0.1, 0.15) is 38.9 Å². The Hall–Kier alpha value is -6.03. The fourth-order valence-corrected chi connectivity index (χ4v) is 9.90. The van der Waals surface area contributed by atoms with E-state index < -0.39 is 12.0 Å². The average Bonchev–Trinajstić information content (AvgIpc) is 4.00. The third kappa shape index (κ3) is 7.99. The second-order valence-corrected chi connectivity index (χ2v) is 17.3. The van der Waals surface area contributed by atoms with E-state index in [4.69, 9.17) is 16.3 Å². The molecular formula is C44H37ClFN7O5S2. The van der Waals surface area contributed by atoms with Crippen molar-refractivity contribution < 1.29 is 28.3 Å². The maximum atomic E-state index is 14.3. The van der Waals surface area contributed by atoms with Crippen molar-refractivity contribution in [1.82, 2.24) is 24.8 Å². The van der Waals surface area contributed by atoms with E-state index in [-0.39, 0.29) is 35.1 Å². The SMILES string of the molecule is O=C(Nc1ccc2[nH]c(C(=O)N3CC(CCl)c4c3cc(OC(=O)N3CCN(C(=O)CCSSc5ccccn5)CC3)c3ccccc43)cc2c1)c1cc2cc(F)ccc2[nH]1. The number of anilines is 2. The fourth-order valence-electron chi connectivity index (χ4n) is 7.79.